The van der Waals surface area contributed by atoms with Crippen molar-refractivity contribution in [1.29, 1.82) is 0 Å². The van der Waals surface area contributed by atoms with Crippen LogP contribution in [0.3, 0.4) is 0 Å². The maximum Gasteiger partial charge on any atom is 0.324 e. The van der Waals surface area contributed by atoms with Gasteiger partial charge in [-0.05, 0) is 25.3 Å². The van der Waals surface area contributed by atoms with Crippen LogP contribution in [0, 0.1) is 13.8 Å². The number of H-pyrrole nitrogens is 1. The van der Waals surface area contributed by atoms with Crippen molar-refractivity contribution in [3.8, 4) is 0 Å². The summed E-state index contributed by atoms with van der Waals surface area (Å²) in [7, 11) is 0. The molecule has 2 amide bonds. The van der Waals surface area contributed by atoms with E-state index in [-0.39, 0.29) is 6.03 Å². The van der Waals surface area contributed by atoms with E-state index in [0.717, 1.165) is 27.7 Å². The van der Waals surface area contributed by atoms with E-state index in [9.17, 15) is 4.79 Å². The summed E-state index contributed by atoms with van der Waals surface area (Å²) < 4.78 is 0. The molecule has 1 heterocycles. The molecule has 1 aromatic heterocycles. The van der Waals surface area contributed by atoms with E-state index in [1.807, 2.05) is 56.3 Å². The number of anilines is 2. The number of nitrogens with zero attached hydrogens (tertiary/aromatic N) is 1. The average molecular weight is 280 g/mol. The molecule has 0 bridgehead atoms. The van der Waals surface area contributed by atoms with Crippen LogP contribution >= 0.6 is 0 Å². The summed E-state index contributed by atoms with van der Waals surface area (Å²) in [4.78, 5) is 12.1. The number of hydrogen-bond acceptors (Lipinski definition) is 2. The minimum Gasteiger partial charge on any atom is -0.307 e. The van der Waals surface area contributed by atoms with Gasteiger partial charge in [0.15, 0.2) is 5.82 Å². The van der Waals surface area contributed by atoms with Gasteiger partial charge in [0, 0.05) is 16.6 Å². The van der Waals surface area contributed by atoms with Crippen LogP contribution in [0.5, 0.6) is 0 Å². The number of hydrogen-bond donors (Lipinski definition) is 3. The SMILES string of the molecule is Cc1[nH]nc(NC(=O)Nc2cccc3ccccc23)c1C. The summed E-state index contributed by atoms with van der Waals surface area (Å²) in [6.45, 7) is 3.82. The molecular formula is C16H16N4O. The lowest BCUT2D eigenvalue weighted by Gasteiger charge is -2.09. The quantitative estimate of drug-likeness (QED) is 0.667. The molecular weight excluding hydrogens is 264 g/mol. The minimum absolute atomic E-state index is 0.305. The summed E-state index contributed by atoms with van der Waals surface area (Å²) in [5.41, 5.74) is 2.65. The Labute approximate surface area is 122 Å². The van der Waals surface area contributed by atoms with Crippen molar-refractivity contribution in [1.82, 2.24) is 10.2 Å². The molecule has 3 N–H and O–H groups in total. The zero-order valence-electron chi connectivity index (χ0n) is 11.9. The van der Waals surface area contributed by atoms with Crippen molar-refractivity contribution in [3.63, 3.8) is 0 Å². The summed E-state index contributed by atoms with van der Waals surface area (Å²) >= 11 is 0. The number of carbonyl (C=O) groups is 1. The molecule has 0 aliphatic heterocycles. The maximum atomic E-state index is 12.1. The van der Waals surface area contributed by atoms with Gasteiger partial charge in [0.25, 0.3) is 0 Å². The van der Waals surface area contributed by atoms with Crippen LogP contribution in [0.25, 0.3) is 10.8 Å². The van der Waals surface area contributed by atoms with Crippen LogP contribution in [-0.2, 0) is 0 Å². The second-order valence-corrected chi connectivity index (χ2v) is 4.93. The molecule has 3 aromatic rings. The fraction of sp³-hybridized carbons (Fsp3) is 0.125. The number of carbonyl (C=O) groups excluding carboxylic acids is 1. The molecule has 5 heteroatoms. The van der Waals surface area contributed by atoms with E-state index < -0.39 is 0 Å². The molecule has 0 atom stereocenters. The van der Waals surface area contributed by atoms with E-state index >= 15 is 0 Å². The third-order valence-corrected chi connectivity index (χ3v) is 3.52. The van der Waals surface area contributed by atoms with Crippen molar-refractivity contribution in [2.75, 3.05) is 10.6 Å². The third-order valence-electron chi connectivity index (χ3n) is 3.52. The van der Waals surface area contributed by atoms with Crippen molar-refractivity contribution >= 4 is 28.3 Å². The number of urea groups is 1. The molecule has 0 spiro atoms. The van der Waals surface area contributed by atoms with Crippen molar-refractivity contribution in [2.45, 2.75) is 13.8 Å². The van der Waals surface area contributed by atoms with Gasteiger partial charge in [-0.1, -0.05) is 36.4 Å². The number of amides is 2. The zero-order chi connectivity index (χ0) is 14.8. The predicted molar refractivity (Wildman–Crippen MR) is 84.7 cm³/mol. The second kappa shape index (κ2) is 5.28. The molecule has 0 radical (unpaired) electrons. The molecule has 0 unspecified atom stereocenters. The lowest BCUT2D eigenvalue weighted by atomic mass is 10.1. The molecule has 0 aliphatic rings. The van der Waals surface area contributed by atoms with Gasteiger partial charge in [0.2, 0.25) is 0 Å². The van der Waals surface area contributed by atoms with Crippen LogP contribution in [0.15, 0.2) is 42.5 Å². The summed E-state index contributed by atoms with van der Waals surface area (Å²) in [5.74, 6) is 0.547. The van der Waals surface area contributed by atoms with Crippen LogP contribution in [0.2, 0.25) is 0 Å². The Morgan fingerprint density at radius 2 is 1.81 bits per heavy atom. The van der Waals surface area contributed by atoms with Gasteiger partial charge >= 0.3 is 6.03 Å². The predicted octanol–water partition coefficient (Wildman–Crippen LogP) is 3.82. The average Bonchev–Trinajstić information content (AvgIpc) is 2.80. The van der Waals surface area contributed by atoms with E-state index in [1.54, 1.807) is 0 Å². The maximum absolute atomic E-state index is 12.1. The van der Waals surface area contributed by atoms with Crippen LogP contribution in [0.4, 0.5) is 16.3 Å². The lowest BCUT2D eigenvalue weighted by Crippen LogP contribution is -2.20. The van der Waals surface area contributed by atoms with E-state index in [0.29, 0.717) is 5.82 Å². The highest BCUT2D eigenvalue weighted by Gasteiger charge is 2.10. The molecule has 21 heavy (non-hydrogen) atoms. The van der Waals surface area contributed by atoms with Crippen molar-refractivity contribution in [3.05, 3.63) is 53.7 Å². The smallest absolute Gasteiger partial charge is 0.307 e. The Hall–Kier alpha value is -2.82. The van der Waals surface area contributed by atoms with Gasteiger partial charge in [-0.3, -0.25) is 10.4 Å². The second-order valence-electron chi connectivity index (χ2n) is 4.93. The normalized spacial score (nSPS) is 10.6. The Morgan fingerprint density at radius 3 is 2.57 bits per heavy atom. The first-order chi connectivity index (χ1) is 10.1. The first kappa shape index (κ1) is 13.2. The van der Waals surface area contributed by atoms with Gasteiger partial charge in [-0.2, -0.15) is 5.10 Å². The topological polar surface area (TPSA) is 69.8 Å². The van der Waals surface area contributed by atoms with Gasteiger partial charge in [-0.15, -0.1) is 0 Å². The van der Waals surface area contributed by atoms with Gasteiger partial charge in [-0.25, -0.2) is 4.79 Å². The first-order valence-corrected chi connectivity index (χ1v) is 6.72. The Kier molecular flexibility index (Phi) is 3.31. The van der Waals surface area contributed by atoms with Gasteiger partial charge in [0.05, 0.1) is 5.69 Å². The molecule has 5 nitrogen and oxygen atoms in total. The number of benzene rings is 2. The molecule has 3 rings (SSSR count). The van der Waals surface area contributed by atoms with Crippen molar-refractivity contribution in [2.24, 2.45) is 0 Å². The Morgan fingerprint density at radius 1 is 1.05 bits per heavy atom. The monoisotopic (exact) mass is 280 g/mol. The van der Waals surface area contributed by atoms with E-state index in [1.165, 1.54) is 0 Å². The summed E-state index contributed by atoms with van der Waals surface area (Å²) in [5, 5.41) is 14.6. The highest BCUT2D eigenvalue weighted by atomic mass is 16.2. The molecule has 2 aromatic carbocycles. The zero-order valence-corrected chi connectivity index (χ0v) is 11.9. The Bertz CT molecular complexity index is 802. The van der Waals surface area contributed by atoms with E-state index in [2.05, 4.69) is 20.8 Å². The lowest BCUT2D eigenvalue weighted by molar-refractivity contribution is 0.262. The molecule has 0 saturated carbocycles. The number of aromatic nitrogens is 2. The molecule has 0 fully saturated rings. The number of aromatic amines is 1. The number of aryl methyl sites for hydroxylation is 1. The molecule has 106 valence electrons. The standard InChI is InChI=1S/C16H16N4O/c1-10-11(2)19-20-15(10)18-16(21)17-14-9-5-7-12-6-3-4-8-13(12)14/h3-9H,1-2H3,(H3,17,18,19,20,21). The fourth-order valence-electron chi connectivity index (χ4n) is 2.20. The highest BCUT2D eigenvalue weighted by Crippen LogP contribution is 2.23. The first-order valence-electron chi connectivity index (χ1n) is 6.72. The summed E-state index contributed by atoms with van der Waals surface area (Å²) in [6.07, 6.45) is 0. The van der Waals surface area contributed by atoms with Crippen LogP contribution in [-0.4, -0.2) is 16.2 Å². The number of nitrogens with one attached hydrogen (secondary N) is 3. The minimum atomic E-state index is -0.305. The Balaban J connectivity index is 1.82. The van der Waals surface area contributed by atoms with Gasteiger partial charge in [0.1, 0.15) is 0 Å². The highest BCUT2D eigenvalue weighted by molar-refractivity contribution is 6.06. The van der Waals surface area contributed by atoms with Crippen LogP contribution in [0.1, 0.15) is 11.3 Å². The molecule has 0 saturated heterocycles. The summed E-state index contributed by atoms with van der Waals surface area (Å²) in [6, 6.07) is 13.4. The van der Waals surface area contributed by atoms with Crippen molar-refractivity contribution < 1.29 is 4.79 Å². The van der Waals surface area contributed by atoms with E-state index in [4.69, 9.17) is 0 Å². The van der Waals surface area contributed by atoms with Crippen LogP contribution < -0.4 is 10.6 Å². The third kappa shape index (κ3) is 2.58. The number of rotatable bonds is 2. The van der Waals surface area contributed by atoms with Gasteiger partial charge < -0.3 is 5.32 Å². The molecule has 0 aliphatic carbocycles. The fourth-order valence-corrected chi connectivity index (χ4v) is 2.20. The largest absolute Gasteiger partial charge is 0.324 e. The number of fused-ring (bicyclic) bond motifs is 1.